The molecule has 0 aliphatic heterocycles. The van der Waals surface area contributed by atoms with Gasteiger partial charge in [-0.15, -0.1) is 0 Å². The van der Waals surface area contributed by atoms with Gasteiger partial charge in [0.05, 0.1) is 18.2 Å². The summed E-state index contributed by atoms with van der Waals surface area (Å²) in [5.74, 6) is -1.95. The molecule has 2 rings (SSSR count). The number of sulfone groups is 1. The molecule has 0 bridgehead atoms. The lowest BCUT2D eigenvalue weighted by molar-refractivity contribution is 0.358. The SMILES string of the molecule is CN=Nc1c(S(=O)(=O)OC)cc2cc(S(=O)(=O)CO)c(N=NC)c(O)c2c1N. The van der Waals surface area contributed by atoms with Crippen molar-refractivity contribution in [2.45, 2.75) is 9.79 Å². The molecule has 0 spiro atoms. The van der Waals surface area contributed by atoms with Gasteiger partial charge in [0.15, 0.2) is 5.75 Å². The molecule has 0 saturated carbocycles. The molecule has 0 aliphatic rings. The molecule has 0 radical (unpaired) electrons. The zero-order valence-electron chi connectivity index (χ0n) is 15.0. The Morgan fingerprint density at radius 2 is 1.57 bits per heavy atom. The monoisotopic (exact) mass is 431 g/mol. The minimum Gasteiger partial charge on any atom is -0.505 e. The summed E-state index contributed by atoms with van der Waals surface area (Å²) in [4.78, 5) is -1.04. The van der Waals surface area contributed by atoms with Gasteiger partial charge in [-0.2, -0.15) is 28.9 Å². The van der Waals surface area contributed by atoms with E-state index in [1.165, 1.54) is 14.1 Å². The first-order valence-corrected chi connectivity index (χ1v) is 10.5. The van der Waals surface area contributed by atoms with E-state index < -0.39 is 47.1 Å². The van der Waals surface area contributed by atoms with Crippen molar-refractivity contribution in [1.82, 2.24) is 0 Å². The van der Waals surface area contributed by atoms with E-state index in [-0.39, 0.29) is 22.1 Å². The van der Waals surface area contributed by atoms with Crippen LogP contribution in [0.2, 0.25) is 0 Å². The maximum absolute atomic E-state index is 12.3. The molecule has 0 saturated heterocycles. The molecule has 0 aliphatic carbocycles. The summed E-state index contributed by atoms with van der Waals surface area (Å²) in [6.45, 7) is 0. The third-order valence-corrected chi connectivity index (χ3v) is 6.32. The first-order valence-electron chi connectivity index (χ1n) is 7.41. The summed E-state index contributed by atoms with van der Waals surface area (Å²) < 4.78 is 53.4. The normalized spacial score (nSPS) is 13.1. The Labute approximate surface area is 160 Å². The Balaban J connectivity index is 3.18. The number of anilines is 1. The van der Waals surface area contributed by atoms with Crippen LogP contribution in [0.15, 0.2) is 42.4 Å². The van der Waals surface area contributed by atoms with Crippen molar-refractivity contribution >= 4 is 47.8 Å². The first kappa shape index (κ1) is 21.6. The third kappa shape index (κ3) is 3.54. The van der Waals surface area contributed by atoms with Crippen LogP contribution in [-0.4, -0.2) is 54.2 Å². The fourth-order valence-corrected chi connectivity index (χ4v) is 4.21. The van der Waals surface area contributed by atoms with E-state index in [0.29, 0.717) is 0 Å². The van der Waals surface area contributed by atoms with Crippen molar-refractivity contribution in [3.8, 4) is 5.75 Å². The molecule has 0 aromatic heterocycles. The molecule has 12 nitrogen and oxygen atoms in total. The van der Waals surface area contributed by atoms with Crippen LogP contribution >= 0.6 is 0 Å². The number of azo groups is 2. The van der Waals surface area contributed by atoms with Gasteiger partial charge in [-0.05, 0) is 17.5 Å². The molecule has 0 fully saturated rings. The maximum Gasteiger partial charge on any atom is 0.299 e. The molecular weight excluding hydrogens is 414 g/mol. The molecule has 0 unspecified atom stereocenters. The fraction of sp³-hybridized carbons (Fsp3) is 0.286. The Kier molecular flexibility index (Phi) is 5.98. The number of rotatable bonds is 6. The van der Waals surface area contributed by atoms with Gasteiger partial charge < -0.3 is 15.9 Å². The maximum atomic E-state index is 12.3. The highest BCUT2D eigenvalue weighted by atomic mass is 32.2. The van der Waals surface area contributed by atoms with Gasteiger partial charge in [-0.1, -0.05) is 0 Å². The fourth-order valence-electron chi connectivity index (χ4n) is 2.50. The third-order valence-electron chi connectivity index (χ3n) is 3.71. The predicted octanol–water partition coefficient (Wildman–Crippen LogP) is 1.61. The van der Waals surface area contributed by atoms with E-state index >= 15 is 0 Å². The van der Waals surface area contributed by atoms with Gasteiger partial charge in [-0.3, -0.25) is 4.18 Å². The lowest BCUT2D eigenvalue weighted by atomic mass is 10.1. The number of hydrogen-bond acceptors (Lipinski definition) is 12. The second kappa shape index (κ2) is 7.75. The molecule has 2 aromatic rings. The van der Waals surface area contributed by atoms with E-state index in [1.807, 2.05) is 0 Å². The van der Waals surface area contributed by atoms with E-state index in [4.69, 9.17) is 5.73 Å². The summed E-state index contributed by atoms with van der Waals surface area (Å²) in [5, 5.41) is 33.9. The number of aliphatic hydroxyl groups excluding tert-OH is 1. The molecular formula is C14H17N5O7S2. The minimum absolute atomic E-state index is 0.0669. The van der Waals surface area contributed by atoms with Crippen LogP contribution in [0.4, 0.5) is 17.1 Å². The van der Waals surface area contributed by atoms with Crippen LogP contribution in [0.5, 0.6) is 5.75 Å². The molecule has 14 heteroatoms. The van der Waals surface area contributed by atoms with Gasteiger partial charge in [0.2, 0.25) is 9.84 Å². The van der Waals surface area contributed by atoms with Crippen molar-refractivity contribution in [3.05, 3.63) is 12.1 Å². The quantitative estimate of drug-likeness (QED) is 0.348. The van der Waals surface area contributed by atoms with Crippen LogP contribution in [-0.2, 0) is 24.1 Å². The number of nitrogens with two attached hydrogens (primary N) is 1. The number of nitrogen functional groups attached to an aromatic ring is 1. The Bertz CT molecular complexity index is 1110. The molecule has 152 valence electrons. The first-order chi connectivity index (χ1) is 13.1. The second-order valence-corrected chi connectivity index (χ2v) is 8.88. The van der Waals surface area contributed by atoms with Gasteiger partial charge in [0.1, 0.15) is 27.1 Å². The summed E-state index contributed by atoms with van der Waals surface area (Å²) in [7, 11) is -5.14. The second-order valence-electron chi connectivity index (χ2n) is 5.27. The molecule has 0 heterocycles. The predicted molar refractivity (Wildman–Crippen MR) is 99.4 cm³/mol. The number of phenolic OH excluding ortho intramolecular Hbond substituents is 1. The van der Waals surface area contributed by atoms with E-state index in [1.54, 1.807) is 0 Å². The zero-order valence-corrected chi connectivity index (χ0v) is 16.6. The van der Waals surface area contributed by atoms with Gasteiger partial charge >= 0.3 is 0 Å². The Morgan fingerprint density at radius 1 is 1.04 bits per heavy atom. The zero-order chi connectivity index (χ0) is 21.3. The van der Waals surface area contributed by atoms with Crippen LogP contribution in [0, 0.1) is 0 Å². The number of nitrogens with zero attached hydrogens (tertiary/aromatic N) is 4. The average molecular weight is 431 g/mol. The number of aromatic hydroxyl groups is 1. The number of fused-ring (bicyclic) bond motifs is 1. The highest BCUT2D eigenvalue weighted by Crippen LogP contribution is 2.48. The molecule has 28 heavy (non-hydrogen) atoms. The van der Waals surface area contributed by atoms with Gasteiger partial charge in [0.25, 0.3) is 10.1 Å². The lowest BCUT2D eigenvalue weighted by Gasteiger charge is -2.15. The van der Waals surface area contributed by atoms with Gasteiger partial charge in [0, 0.05) is 14.1 Å². The van der Waals surface area contributed by atoms with Crippen molar-refractivity contribution in [2.24, 2.45) is 20.5 Å². The highest BCUT2D eigenvalue weighted by molar-refractivity contribution is 7.91. The van der Waals surface area contributed by atoms with Gasteiger partial charge in [-0.25, -0.2) is 8.42 Å². The molecule has 4 N–H and O–H groups in total. The average Bonchev–Trinajstić information content (AvgIpc) is 2.65. The Hall–Kier alpha value is -2.68. The molecule has 2 aromatic carbocycles. The largest absolute Gasteiger partial charge is 0.505 e. The smallest absolute Gasteiger partial charge is 0.299 e. The number of hydrogen-bond donors (Lipinski definition) is 3. The van der Waals surface area contributed by atoms with Crippen molar-refractivity contribution in [1.29, 1.82) is 0 Å². The highest BCUT2D eigenvalue weighted by Gasteiger charge is 2.28. The van der Waals surface area contributed by atoms with Crippen molar-refractivity contribution < 1.29 is 31.2 Å². The number of aliphatic hydroxyl groups is 1. The summed E-state index contributed by atoms with van der Waals surface area (Å²) in [5.41, 5.74) is 4.95. The molecule has 0 amide bonds. The van der Waals surface area contributed by atoms with E-state index in [0.717, 1.165) is 19.2 Å². The Morgan fingerprint density at radius 3 is 2.07 bits per heavy atom. The van der Waals surface area contributed by atoms with E-state index in [2.05, 4.69) is 24.6 Å². The topological polar surface area (TPSA) is 193 Å². The summed E-state index contributed by atoms with van der Waals surface area (Å²) >= 11 is 0. The van der Waals surface area contributed by atoms with E-state index in [9.17, 15) is 27.0 Å². The summed E-state index contributed by atoms with van der Waals surface area (Å²) in [6, 6.07) is 2.04. The van der Waals surface area contributed by atoms with Crippen LogP contribution in [0.25, 0.3) is 10.8 Å². The van der Waals surface area contributed by atoms with Crippen LogP contribution in [0.1, 0.15) is 0 Å². The van der Waals surface area contributed by atoms with Crippen molar-refractivity contribution in [3.63, 3.8) is 0 Å². The molecule has 0 atom stereocenters. The standard InChI is InChI=1S/C14H17N5O7S2/c1-16-18-12-9(28(24,25)26-3)5-7-4-8(27(22,23)6-20)13(19-17-2)14(21)10(7)11(12)15/h4-5,20-21H,6,15H2,1-3H3. The number of phenols is 1. The lowest BCUT2D eigenvalue weighted by Crippen LogP contribution is -2.08. The number of benzene rings is 2. The summed E-state index contributed by atoms with van der Waals surface area (Å²) in [6.07, 6.45) is 0. The van der Waals surface area contributed by atoms with Crippen LogP contribution in [0.3, 0.4) is 0 Å². The van der Waals surface area contributed by atoms with Crippen LogP contribution < -0.4 is 5.73 Å². The van der Waals surface area contributed by atoms with Crippen molar-refractivity contribution in [2.75, 3.05) is 32.9 Å². The minimum atomic E-state index is -4.31.